The molecule has 2 aromatic carbocycles. The highest BCUT2D eigenvalue weighted by Gasteiger charge is 2.18. The molecule has 4 rings (SSSR count). The van der Waals surface area contributed by atoms with E-state index < -0.39 is 11.0 Å². The molecule has 2 aromatic heterocycles. The van der Waals surface area contributed by atoms with Crippen LogP contribution in [0, 0.1) is 17.0 Å². The van der Waals surface area contributed by atoms with Crippen molar-refractivity contribution in [1.29, 1.82) is 0 Å². The summed E-state index contributed by atoms with van der Waals surface area (Å²) in [5.41, 5.74) is 1.62. The number of carboxylic acid groups (broad SMARTS) is 1. The zero-order chi connectivity index (χ0) is 19.1. The molecule has 27 heavy (non-hydrogen) atoms. The molecule has 0 aliphatic heterocycles. The van der Waals surface area contributed by atoms with E-state index in [0.29, 0.717) is 38.7 Å². The van der Waals surface area contributed by atoms with Gasteiger partial charge in [0.05, 0.1) is 22.0 Å². The van der Waals surface area contributed by atoms with Crippen molar-refractivity contribution >= 4 is 45.0 Å². The Kier molecular flexibility index (Phi) is 3.69. The summed E-state index contributed by atoms with van der Waals surface area (Å²) in [5, 5.41) is 29.3. The van der Waals surface area contributed by atoms with E-state index in [2.05, 4.69) is 15.4 Å². The number of hydrogen-bond donors (Lipinski definition) is 2. The second kappa shape index (κ2) is 6.06. The maximum Gasteiger partial charge on any atom is 0.432 e. The van der Waals surface area contributed by atoms with Crippen LogP contribution in [0.25, 0.3) is 21.7 Å². The molecule has 2 N–H and O–H groups in total. The van der Waals surface area contributed by atoms with Gasteiger partial charge in [-0.15, -0.1) is 0 Å². The number of benzene rings is 2. The summed E-state index contributed by atoms with van der Waals surface area (Å²) in [7, 11) is 0. The largest absolute Gasteiger partial charge is 0.463 e. The number of nitro benzene ring substituents is 1. The normalized spacial score (nSPS) is 11.0. The number of nitrogens with one attached hydrogen (secondary N) is 1. The fourth-order valence-electron chi connectivity index (χ4n) is 3.08. The van der Waals surface area contributed by atoms with Crippen LogP contribution in [0.5, 0.6) is 0 Å². The number of rotatable bonds is 3. The SMILES string of the molecule is Cc1ccc2c(Nc3ccc4cnn(C(=O)O)c4c3)nccc2c1[N+](=O)[O-]. The van der Waals surface area contributed by atoms with Gasteiger partial charge in [-0.25, -0.2) is 9.78 Å². The number of hydrogen-bond acceptors (Lipinski definition) is 6. The Morgan fingerprint density at radius 1 is 1.22 bits per heavy atom. The molecule has 0 aliphatic carbocycles. The fourth-order valence-corrected chi connectivity index (χ4v) is 3.08. The zero-order valence-corrected chi connectivity index (χ0v) is 14.1. The molecule has 0 saturated carbocycles. The molecule has 0 saturated heterocycles. The molecule has 2 heterocycles. The van der Waals surface area contributed by atoms with Crippen LogP contribution in [-0.4, -0.2) is 30.9 Å². The van der Waals surface area contributed by atoms with E-state index in [9.17, 15) is 20.0 Å². The second-order valence-corrected chi connectivity index (χ2v) is 5.98. The minimum Gasteiger partial charge on any atom is -0.463 e. The second-order valence-electron chi connectivity index (χ2n) is 5.98. The third kappa shape index (κ3) is 2.71. The molecule has 0 aliphatic rings. The maximum atomic E-state index is 11.4. The summed E-state index contributed by atoms with van der Waals surface area (Å²) < 4.78 is 0.880. The van der Waals surface area contributed by atoms with Crippen LogP contribution in [0.3, 0.4) is 0 Å². The van der Waals surface area contributed by atoms with Gasteiger partial charge >= 0.3 is 6.09 Å². The van der Waals surface area contributed by atoms with Crippen LogP contribution < -0.4 is 5.32 Å². The molecule has 0 spiro atoms. The van der Waals surface area contributed by atoms with Gasteiger partial charge in [-0.1, -0.05) is 6.07 Å². The van der Waals surface area contributed by atoms with Gasteiger partial charge in [0.15, 0.2) is 0 Å². The van der Waals surface area contributed by atoms with Crippen LogP contribution in [-0.2, 0) is 0 Å². The Bertz CT molecular complexity index is 1230. The van der Waals surface area contributed by atoms with E-state index >= 15 is 0 Å². The van der Waals surface area contributed by atoms with Crippen LogP contribution >= 0.6 is 0 Å². The Labute approximate surface area is 152 Å². The number of nitrogens with zero attached hydrogens (tertiary/aromatic N) is 4. The van der Waals surface area contributed by atoms with E-state index in [1.165, 1.54) is 12.4 Å². The van der Waals surface area contributed by atoms with E-state index in [1.807, 2.05) is 0 Å². The van der Waals surface area contributed by atoms with Crippen molar-refractivity contribution in [3.8, 4) is 0 Å². The summed E-state index contributed by atoms with van der Waals surface area (Å²) in [5.74, 6) is 0.441. The van der Waals surface area contributed by atoms with Gasteiger partial charge in [-0.3, -0.25) is 10.1 Å². The van der Waals surface area contributed by atoms with E-state index in [0.717, 1.165) is 4.68 Å². The molecule has 0 bridgehead atoms. The highest BCUT2D eigenvalue weighted by molar-refractivity contribution is 6.00. The molecule has 4 aromatic rings. The Morgan fingerprint density at radius 3 is 2.78 bits per heavy atom. The van der Waals surface area contributed by atoms with Gasteiger partial charge < -0.3 is 10.4 Å². The number of nitro groups is 1. The molecule has 9 nitrogen and oxygen atoms in total. The highest BCUT2D eigenvalue weighted by atomic mass is 16.6. The lowest BCUT2D eigenvalue weighted by molar-refractivity contribution is -0.383. The Hall–Kier alpha value is -4.01. The van der Waals surface area contributed by atoms with Gasteiger partial charge in [0.1, 0.15) is 5.82 Å². The molecular weight excluding hydrogens is 350 g/mol. The van der Waals surface area contributed by atoms with Gasteiger partial charge in [0.2, 0.25) is 0 Å². The first-order chi connectivity index (χ1) is 13.0. The standard InChI is InChI=1S/C18H13N5O4/c1-10-2-5-14-13(16(10)23(26)27)6-7-19-17(14)21-12-4-3-11-9-20-22(18(24)25)15(11)8-12/h2-9H,1H3,(H,19,21)(H,24,25). The van der Waals surface area contributed by atoms with Crippen molar-refractivity contribution in [3.63, 3.8) is 0 Å². The number of pyridine rings is 1. The molecular formula is C18H13N5O4. The van der Waals surface area contributed by atoms with Crippen molar-refractivity contribution in [2.24, 2.45) is 0 Å². The monoisotopic (exact) mass is 363 g/mol. The van der Waals surface area contributed by atoms with Crippen LogP contribution in [0.2, 0.25) is 0 Å². The summed E-state index contributed by atoms with van der Waals surface area (Å²) in [4.78, 5) is 26.6. The number of carbonyl (C=O) groups is 1. The van der Waals surface area contributed by atoms with Crippen LogP contribution in [0.15, 0.2) is 48.8 Å². The zero-order valence-electron chi connectivity index (χ0n) is 14.1. The smallest absolute Gasteiger partial charge is 0.432 e. The summed E-state index contributed by atoms with van der Waals surface area (Å²) in [6, 6.07) is 10.2. The Balaban J connectivity index is 1.83. The maximum absolute atomic E-state index is 11.4. The molecule has 9 heteroatoms. The summed E-state index contributed by atoms with van der Waals surface area (Å²) in [6.45, 7) is 1.69. The van der Waals surface area contributed by atoms with Gasteiger partial charge in [-0.2, -0.15) is 9.78 Å². The van der Waals surface area contributed by atoms with Crippen LogP contribution in [0.1, 0.15) is 5.56 Å². The Morgan fingerprint density at radius 2 is 2.04 bits per heavy atom. The average Bonchev–Trinajstić information content (AvgIpc) is 3.04. The minimum absolute atomic E-state index is 0.0392. The van der Waals surface area contributed by atoms with Crippen molar-refractivity contribution < 1.29 is 14.8 Å². The average molecular weight is 363 g/mol. The molecule has 134 valence electrons. The molecule has 0 amide bonds. The summed E-state index contributed by atoms with van der Waals surface area (Å²) in [6.07, 6.45) is 1.78. The quantitative estimate of drug-likeness (QED) is 0.415. The van der Waals surface area contributed by atoms with Crippen molar-refractivity contribution in [1.82, 2.24) is 14.8 Å². The van der Waals surface area contributed by atoms with Crippen molar-refractivity contribution in [2.45, 2.75) is 6.92 Å². The highest BCUT2D eigenvalue weighted by Crippen LogP contribution is 2.33. The van der Waals surface area contributed by atoms with Gasteiger partial charge in [0, 0.05) is 28.2 Å². The number of fused-ring (bicyclic) bond motifs is 2. The first-order valence-electron chi connectivity index (χ1n) is 7.96. The fraction of sp³-hybridized carbons (Fsp3) is 0.0556. The first-order valence-corrected chi connectivity index (χ1v) is 7.96. The number of aryl methyl sites for hydroxylation is 1. The lowest BCUT2D eigenvalue weighted by Crippen LogP contribution is -2.09. The third-order valence-electron chi connectivity index (χ3n) is 4.32. The first kappa shape index (κ1) is 16.5. The molecule has 0 atom stereocenters. The number of anilines is 2. The van der Waals surface area contributed by atoms with Gasteiger partial charge in [0.25, 0.3) is 5.69 Å². The number of aromatic nitrogens is 3. The predicted octanol–water partition coefficient (Wildman–Crippen LogP) is 4.07. The molecule has 0 radical (unpaired) electrons. The van der Waals surface area contributed by atoms with E-state index in [4.69, 9.17) is 0 Å². The van der Waals surface area contributed by atoms with Crippen LogP contribution in [0.4, 0.5) is 22.0 Å². The van der Waals surface area contributed by atoms with E-state index in [-0.39, 0.29) is 5.69 Å². The topological polar surface area (TPSA) is 123 Å². The van der Waals surface area contributed by atoms with Crippen molar-refractivity contribution in [2.75, 3.05) is 5.32 Å². The summed E-state index contributed by atoms with van der Waals surface area (Å²) >= 11 is 0. The van der Waals surface area contributed by atoms with Crippen molar-refractivity contribution in [3.05, 3.63) is 64.5 Å². The van der Waals surface area contributed by atoms with E-state index in [1.54, 1.807) is 43.3 Å². The van der Waals surface area contributed by atoms with Gasteiger partial charge in [-0.05, 0) is 37.3 Å². The molecule has 0 fully saturated rings. The predicted molar refractivity (Wildman–Crippen MR) is 99.6 cm³/mol. The molecule has 0 unspecified atom stereocenters. The lowest BCUT2D eigenvalue weighted by atomic mass is 10.1. The third-order valence-corrected chi connectivity index (χ3v) is 4.32. The minimum atomic E-state index is -1.18. The lowest BCUT2D eigenvalue weighted by Gasteiger charge is -2.10.